The molecule has 0 bridgehead atoms. The lowest BCUT2D eigenvalue weighted by Crippen LogP contribution is -2.29. The predicted octanol–water partition coefficient (Wildman–Crippen LogP) is 0.121. The minimum absolute atomic E-state index is 1.08. The molecule has 1 radical (unpaired) electrons. The molecular weight excluding hydrogens is 100 g/mol. The molecule has 2 nitrogen and oxygen atoms in total. The Kier molecular flexibility index (Phi) is 2.92. The zero-order chi connectivity index (χ0) is 5.66. The van der Waals surface area contributed by atoms with Gasteiger partial charge in [0.05, 0.1) is 0 Å². The van der Waals surface area contributed by atoms with Crippen molar-refractivity contribution in [3.05, 3.63) is 6.54 Å². The molecule has 1 rings (SSSR count). The molecule has 2 heteroatoms. The lowest BCUT2D eigenvalue weighted by molar-refractivity contribution is 0.569. The Balaban J connectivity index is 2.00. The summed E-state index contributed by atoms with van der Waals surface area (Å²) in [6.45, 7) is 5.52. The van der Waals surface area contributed by atoms with Gasteiger partial charge in [0.25, 0.3) is 0 Å². The monoisotopic (exact) mass is 113 g/mol. The largest absolute Gasteiger partial charge is 0.315 e. The van der Waals surface area contributed by atoms with E-state index in [1.54, 1.807) is 0 Å². The van der Waals surface area contributed by atoms with Crippen molar-refractivity contribution in [1.82, 2.24) is 10.6 Å². The molecular formula is C6H13N2. The van der Waals surface area contributed by atoms with Crippen LogP contribution in [0.2, 0.25) is 0 Å². The molecule has 0 spiro atoms. The first-order valence-corrected chi connectivity index (χ1v) is 3.26. The normalized spacial score (nSPS) is 24.0. The van der Waals surface area contributed by atoms with Gasteiger partial charge >= 0.3 is 0 Å². The molecule has 1 fully saturated rings. The molecule has 1 aliphatic heterocycles. The van der Waals surface area contributed by atoms with Crippen molar-refractivity contribution < 1.29 is 0 Å². The summed E-state index contributed by atoms with van der Waals surface area (Å²) in [6, 6.07) is 0. The summed E-state index contributed by atoms with van der Waals surface area (Å²) in [5.41, 5.74) is 0. The summed E-state index contributed by atoms with van der Waals surface area (Å²) in [5, 5.41) is 6.50. The molecule has 1 aliphatic rings. The maximum atomic E-state index is 3.30. The molecule has 0 aromatic rings. The van der Waals surface area contributed by atoms with Gasteiger partial charge in [0.2, 0.25) is 0 Å². The molecule has 8 heavy (non-hydrogen) atoms. The second-order valence-electron chi connectivity index (χ2n) is 2.05. The Bertz CT molecular complexity index is 30.5. The number of rotatable bonds is 0. The van der Waals surface area contributed by atoms with E-state index in [2.05, 4.69) is 17.2 Å². The highest BCUT2D eigenvalue weighted by Crippen LogP contribution is 1.89. The molecule has 0 atom stereocenters. The standard InChI is InChI=1S/C6H13N2/c1-2-4-8-6-5-7-3-1/h3,7-8H,1-2,4-6H2. The second kappa shape index (κ2) is 3.87. The second-order valence-corrected chi connectivity index (χ2v) is 2.05. The summed E-state index contributed by atoms with van der Waals surface area (Å²) in [5.74, 6) is 0. The van der Waals surface area contributed by atoms with Crippen molar-refractivity contribution in [1.29, 1.82) is 0 Å². The van der Waals surface area contributed by atoms with Crippen LogP contribution in [0.15, 0.2) is 0 Å². The molecule has 0 saturated carbocycles. The van der Waals surface area contributed by atoms with Crippen LogP contribution >= 0.6 is 0 Å². The number of nitrogens with one attached hydrogen (secondary N) is 2. The van der Waals surface area contributed by atoms with E-state index < -0.39 is 0 Å². The highest BCUT2D eigenvalue weighted by molar-refractivity contribution is 4.66. The smallest absolute Gasteiger partial charge is 0.0222 e. The Labute approximate surface area is 50.7 Å². The molecule has 0 aromatic carbocycles. The van der Waals surface area contributed by atoms with Crippen molar-refractivity contribution in [2.24, 2.45) is 0 Å². The van der Waals surface area contributed by atoms with Crippen LogP contribution in [-0.2, 0) is 0 Å². The Morgan fingerprint density at radius 1 is 1.12 bits per heavy atom. The first-order valence-electron chi connectivity index (χ1n) is 3.26. The van der Waals surface area contributed by atoms with Crippen LogP contribution in [0.5, 0.6) is 0 Å². The fourth-order valence-electron chi connectivity index (χ4n) is 0.819. The summed E-state index contributed by atoms with van der Waals surface area (Å²) < 4.78 is 0. The average molecular weight is 113 g/mol. The number of hydrogen-bond donors (Lipinski definition) is 2. The van der Waals surface area contributed by atoms with Crippen LogP contribution in [-0.4, -0.2) is 19.6 Å². The molecule has 0 unspecified atom stereocenters. The van der Waals surface area contributed by atoms with Gasteiger partial charge in [-0.25, -0.2) is 0 Å². The van der Waals surface area contributed by atoms with E-state index in [9.17, 15) is 0 Å². The van der Waals surface area contributed by atoms with Crippen molar-refractivity contribution in [2.45, 2.75) is 12.8 Å². The quantitative estimate of drug-likeness (QED) is 0.466. The van der Waals surface area contributed by atoms with Gasteiger partial charge in [0, 0.05) is 19.6 Å². The fourth-order valence-corrected chi connectivity index (χ4v) is 0.819. The lowest BCUT2D eigenvalue weighted by Gasteiger charge is -2.09. The molecule has 0 aliphatic carbocycles. The third-order valence-electron chi connectivity index (χ3n) is 1.29. The minimum Gasteiger partial charge on any atom is -0.315 e. The minimum atomic E-state index is 1.08. The lowest BCUT2D eigenvalue weighted by atomic mass is 10.3. The van der Waals surface area contributed by atoms with Gasteiger partial charge in [-0.05, 0) is 19.4 Å². The first-order chi connectivity index (χ1) is 4.00. The molecule has 1 heterocycles. The van der Waals surface area contributed by atoms with Crippen molar-refractivity contribution >= 4 is 0 Å². The van der Waals surface area contributed by atoms with Crippen LogP contribution in [0.1, 0.15) is 12.8 Å². The van der Waals surface area contributed by atoms with Gasteiger partial charge in [-0.3, -0.25) is 0 Å². The summed E-state index contributed by atoms with van der Waals surface area (Å²) in [6.07, 6.45) is 2.47. The summed E-state index contributed by atoms with van der Waals surface area (Å²) in [7, 11) is 0. The van der Waals surface area contributed by atoms with Crippen molar-refractivity contribution in [3.8, 4) is 0 Å². The Morgan fingerprint density at radius 3 is 3.12 bits per heavy atom. The zero-order valence-corrected chi connectivity index (χ0v) is 5.11. The Hall–Kier alpha value is -0.0800. The van der Waals surface area contributed by atoms with E-state index in [1.807, 2.05) is 0 Å². The number of hydrogen-bond acceptors (Lipinski definition) is 2. The van der Waals surface area contributed by atoms with Crippen LogP contribution in [0.3, 0.4) is 0 Å². The maximum Gasteiger partial charge on any atom is 0.0222 e. The molecule has 2 N–H and O–H groups in total. The topological polar surface area (TPSA) is 24.1 Å². The zero-order valence-electron chi connectivity index (χ0n) is 5.11. The fraction of sp³-hybridized carbons (Fsp3) is 0.833. The highest BCUT2D eigenvalue weighted by Gasteiger charge is 1.93. The summed E-state index contributed by atoms with van der Waals surface area (Å²) in [4.78, 5) is 0. The van der Waals surface area contributed by atoms with Crippen molar-refractivity contribution in [2.75, 3.05) is 19.6 Å². The van der Waals surface area contributed by atoms with Gasteiger partial charge in [0.1, 0.15) is 0 Å². The van der Waals surface area contributed by atoms with E-state index in [0.29, 0.717) is 0 Å². The molecule has 0 aromatic heterocycles. The molecule has 47 valence electrons. The van der Waals surface area contributed by atoms with E-state index in [1.165, 1.54) is 19.4 Å². The predicted molar refractivity (Wildman–Crippen MR) is 34.4 cm³/mol. The van der Waals surface area contributed by atoms with Crippen LogP contribution < -0.4 is 10.6 Å². The van der Waals surface area contributed by atoms with Crippen LogP contribution in [0, 0.1) is 6.54 Å². The Morgan fingerprint density at radius 2 is 2.12 bits per heavy atom. The van der Waals surface area contributed by atoms with E-state index in [0.717, 1.165) is 13.1 Å². The third kappa shape index (κ3) is 2.28. The van der Waals surface area contributed by atoms with Crippen LogP contribution in [0.4, 0.5) is 0 Å². The molecule has 1 saturated heterocycles. The van der Waals surface area contributed by atoms with Gasteiger partial charge in [-0.2, -0.15) is 0 Å². The average Bonchev–Trinajstić information content (AvgIpc) is 1.62. The van der Waals surface area contributed by atoms with Crippen molar-refractivity contribution in [3.63, 3.8) is 0 Å². The van der Waals surface area contributed by atoms with Gasteiger partial charge in [0.15, 0.2) is 0 Å². The van der Waals surface area contributed by atoms with Crippen LogP contribution in [0.25, 0.3) is 0 Å². The van der Waals surface area contributed by atoms with Gasteiger partial charge < -0.3 is 10.6 Å². The van der Waals surface area contributed by atoms with E-state index in [-0.39, 0.29) is 0 Å². The van der Waals surface area contributed by atoms with Gasteiger partial charge in [-0.1, -0.05) is 0 Å². The highest BCUT2D eigenvalue weighted by atomic mass is 14.9. The maximum absolute atomic E-state index is 3.30. The SMILES string of the molecule is [CH]1CCCNCCN1. The van der Waals surface area contributed by atoms with E-state index >= 15 is 0 Å². The summed E-state index contributed by atoms with van der Waals surface area (Å²) >= 11 is 0. The van der Waals surface area contributed by atoms with E-state index in [4.69, 9.17) is 0 Å². The third-order valence-corrected chi connectivity index (χ3v) is 1.29. The molecule has 0 amide bonds. The first kappa shape index (κ1) is 6.05. The van der Waals surface area contributed by atoms with Gasteiger partial charge in [-0.15, -0.1) is 0 Å².